The smallest absolute Gasteiger partial charge is 0.335 e. The highest BCUT2D eigenvalue weighted by Gasteiger charge is 2.22. The van der Waals surface area contributed by atoms with E-state index < -0.39 is 0 Å². The Labute approximate surface area is 108 Å². The molecule has 1 aromatic carbocycles. The second kappa shape index (κ2) is 5.71. The number of carbonyl (C=O) groups is 1. The van der Waals surface area contributed by atoms with Gasteiger partial charge in [0.2, 0.25) is 0 Å². The molecule has 0 radical (unpaired) electrons. The van der Waals surface area contributed by atoms with E-state index in [2.05, 4.69) is 24.4 Å². The molecule has 0 fully saturated rings. The molecule has 0 aromatic heterocycles. The van der Waals surface area contributed by atoms with Crippen molar-refractivity contribution in [3.05, 3.63) is 47.2 Å². The number of methoxy groups -OCH3 is 1. The van der Waals surface area contributed by atoms with Crippen LogP contribution in [-0.2, 0) is 9.53 Å². The minimum absolute atomic E-state index is 0.199. The molecule has 1 aromatic rings. The fourth-order valence-corrected chi connectivity index (χ4v) is 2.34. The van der Waals surface area contributed by atoms with Crippen molar-refractivity contribution >= 4 is 5.97 Å². The van der Waals surface area contributed by atoms with Crippen molar-refractivity contribution in [3.8, 4) is 0 Å². The second-order valence-corrected chi connectivity index (χ2v) is 4.58. The van der Waals surface area contributed by atoms with E-state index in [1.807, 2.05) is 18.2 Å². The SMILES string of the molecule is COC(=O)C1=C(N[C@H](C)c2ccccc2)CCC1. The van der Waals surface area contributed by atoms with E-state index in [0.717, 1.165) is 30.5 Å². The van der Waals surface area contributed by atoms with Gasteiger partial charge >= 0.3 is 5.97 Å². The summed E-state index contributed by atoms with van der Waals surface area (Å²) in [5, 5.41) is 3.44. The summed E-state index contributed by atoms with van der Waals surface area (Å²) >= 11 is 0. The molecule has 18 heavy (non-hydrogen) atoms. The number of hydrogen-bond acceptors (Lipinski definition) is 3. The molecule has 1 atom stereocenters. The van der Waals surface area contributed by atoms with Crippen molar-refractivity contribution < 1.29 is 9.53 Å². The summed E-state index contributed by atoms with van der Waals surface area (Å²) in [7, 11) is 1.44. The number of ether oxygens (including phenoxy) is 1. The zero-order valence-corrected chi connectivity index (χ0v) is 10.9. The lowest BCUT2D eigenvalue weighted by atomic mass is 10.1. The van der Waals surface area contributed by atoms with Crippen molar-refractivity contribution in [2.45, 2.75) is 32.2 Å². The zero-order valence-electron chi connectivity index (χ0n) is 10.9. The first-order valence-electron chi connectivity index (χ1n) is 6.34. The Morgan fingerprint density at radius 2 is 2.00 bits per heavy atom. The number of carbonyl (C=O) groups excluding carboxylic acids is 1. The summed E-state index contributed by atoms with van der Waals surface area (Å²) in [6.45, 7) is 2.11. The van der Waals surface area contributed by atoms with Gasteiger partial charge in [-0.2, -0.15) is 0 Å². The van der Waals surface area contributed by atoms with Crippen molar-refractivity contribution in [3.63, 3.8) is 0 Å². The van der Waals surface area contributed by atoms with Crippen LogP contribution in [0.2, 0.25) is 0 Å². The van der Waals surface area contributed by atoms with E-state index >= 15 is 0 Å². The van der Waals surface area contributed by atoms with Gasteiger partial charge in [-0.1, -0.05) is 30.3 Å². The van der Waals surface area contributed by atoms with Gasteiger partial charge in [0.1, 0.15) is 0 Å². The highest BCUT2D eigenvalue weighted by atomic mass is 16.5. The van der Waals surface area contributed by atoms with Gasteiger partial charge in [-0.15, -0.1) is 0 Å². The highest BCUT2D eigenvalue weighted by Crippen LogP contribution is 2.27. The highest BCUT2D eigenvalue weighted by molar-refractivity contribution is 5.89. The Morgan fingerprint density at radius 3 is 2.67 bits per heavy atom. The van der Waals surface area contributed by atoms with Crippen LogP contribution in [0.1, 0.15) is 37.8 Å². The molecule has 1 aliphatic carbocycles. The minimum atomic E-state index is -0.199. The van der Waals surface area contributed by atoms with Gasteiger partial charge < -0.3 is 10.1 Å². The van der Waals surface area contributed by atoms with E-state index in [1.165, 1.54) is 12.7 Å². The molecule has 3 nitrogen and oxygen atoms in total. The molecule has 1 aliphatic rings. The third-order valence-electron chi connectivity index (χ3n) is 3.34. The lowest BCUT2D eigenvalue weighted by molar-refractivity contribution is -0.136. The Hall–Kier alpha value is -1.77. The van der Waals surface area contributed by atoms with Crippen LogP contribution in [0, 0.1) is 0 Å². The Morgan fingerprint density at radius 1 is 1.28 bits per heavy atom. The maximum Gasteiger partial charge on any atom is 0.335 e. The molecule has 1 N–H and O–H groups in total. The quantitative estimate of drug-likeness (QED) is 0.829. The maximum atomic E-state index is 11.6. The molecule has 3 heteroatoms. The number of allylic oxidation sites excluding steroid dienone is 1. The third kappa shape index (κ3) is 2.73. The molecule has 0 bridgehead atoms. The topological polar surface area (TPSA) is 38.3 Å². The number of rotatable bonds is 4. The van der Waals surface area contributed by atoms with E-state index in [0.29, 0.717) is 0 Å². The monoisotopic (exact) mass is 245 g/mol. The average molecular weight is 245 g/mol. The second-order valence-electron chi connectivity index (χ2n) is 4.58. The Kier molecular flexibility index (Phi) is 4.03. The Bertz CT molecular complexity index is 451. The van der Waals surface area contributed by atoms with Crippen LogP contribution in [0.25, 0.3) is 0 Å². The number of hydrogen-bond donors (Lipinski definition) is 1. The number of benzene rings is 1. The molecule has 0 heterocycles. The zero-order chi connectivity index (χ0) is 13.0. The normalized spacial score (nSPS) is 16.6. The van der Waals surface area contributed by atoms with Gasteiger partial charge in [0.05, 0.1) is 12.7 Å². The lowest BCUT2D eigenvalue weighted by Gasteiger charge is -2.17. The van der Waals surface area contributed by atoms with Gasteiger partial charge in [-0.05, 0) is 31.7 Å². The third-order valence-corrected chi connectivity index (χ3v) is 3.34. The number of esters is 1. The molecule has 2 rings (SSSR count). The van der Waals surface area contributed by atoms with Crippen molar-refractivity contribution in [2.24, 2.45) is 0 Å². The predicted molar refractivity (Wildman–Crippen MR) is 70.9 cm³/mol. The molecule has 0 saturated carbocycles. The lowest BCUT2D eigenvalue weighted by Crippen LogP contribution is -2.20. The van der Waals surface area contributed by atoms with Gasteiger partial charge in [0.25, 0.3) is 0 Å². The van der Waals surface area contributed by atoms with Crippen LogP contribution in [0.15, 0.2) is 41.6 Å². The van der Waals surface area contributed by atoms with E-state index in [-0.39, 0.29) is 12.0 Å². The van der Waals surface area contributed by atoms with Crippen LogP contribution in [0.4, 0.5) is 0 Å². The van der Waals surface area contributed by atoms with E-state index in [1.54, 1.807) is 0 Å². The standard InChI is InChI=1S/C15H19NO2/c1-11(12-7-4-3-5-8-12)16-14-10-6-9-13(14)15(17)18-2/h3-5,7-8,11,16H,6,9-10H2,1-2H3/t11-/m1/s1. The molecule has 0 spiro atoms. The fourth-order valence-electron chi connectivity index (χ4n) is 2.34. The molecular weight excluding hydrogens is 226 g/mol. The summed E-state index contributed by atoms with van der Waals surface area (Å²) in [6, 6.07) is 10.4. The molecule has 0 aliphatic heterocycles. The first kappa shape index (κ1) is 12.7. The van der Waals surface area contributed by atoms with Crippen molar-refractivity contribution in [1.29, 1.82) is 0 Å². The van der Waals surface area contributed by atoms with Gasteiger partial charge in [-0.25, -0.2) is 4.79 Å². The summed E-state index contributed by atoms with van der Waals surface area (Å²) in [5.41, 5.74) is 3.07. The van der Waals surface area contributed by atoms with Gasteiger partial charge in [-0.3, -0.25) is 0 Å². The van der Waals surface area contributed by atoms with Gasteiger partial charge in [0, 0.05) is 11.7 Å². The predicted octanol–water partition coefficient (Wildman–Crippen LogP) is 2.95. The van der Waals surface area contributed by atoms with Crippen LogP contribution < -0.4 is 5.32 Å². The largest absolute Gasteiger partial charge is 0.466 e. The van der Waals surface area contributed by atoms with E-state index in [9.17, 15) is 4.79 Å². The fraction of sp³-hybridized carbons (Fsp3) is 0.400. The molecule has 96 valence electrons. The first-order valence-corrected chi connectivity index (χ1v) is 6.34. The summed E-state index contributed by atoms with van der Waals surface area (Å²) < 4.78 is 4.81. The van der Waals surface area contributed by atoms with Crippen molar-refractivity contribution in [1.82, 2.24) is 5.32 Å². The van der Waals surface area contributed by atoms with Crippen LogP contribution in [-0.4, -0.2) is 13.1 Å². The maximum absolute atomic E-state index is 11.6. The summed E-state index contributed by atoms with van der Waals surface area (Å²) in [4.78, 5) is 11.6. The summed E-state index contributed by atoms with van der Waals surface area (Å²) in [6.07, 6.45) is 2.77. The van der Waals surface area contributed by atoms with Crippen LogP contribution >= 0.6 is 0 Å². The summed E-state index contributed by atoms with van der Waals surface area (Å²) in [5.74, 6) is -0.199. The number of nitrogens with one attached hydrogen (secondary N) is 1. The van der Waals surface area contributed by atoms with Gasteiger partial charge in [0.15, 0.2) is 0 Å². The minimum Gasteiger partial charge on any atom is -0.466 e. The van der Waals surface area contributed by atoms with Crippen LogP contribution in [0.3, 0.4) is 0 Å². The first-order chi connectivity index (χ1) is 8.72. The molecule has 0 saturated heterocycles. The molecular formula is C15H19NO2. The van der Waals surface area contributed by atoms with E-state index in [4.69, 9.17) is 4.74 Å². The Balaban J connectivity index is 2.11. The van der Waals surface area contributed by atoms with Crippen molar-refractivity contribution in [2.75, 3.05) is 7.11 Å². The van der Waals surface area contributed by atoms with Crippen LogP contribution in [0.5, 0.6) is 0 Å². The average Bonchev–Trinajstić information content (AvgIpc) is 2.87. The molecule has 0 unspecified atom stereocenters. The molecule has 0 amide bonds.